The highest BCUT2D eigenvalue weighted by atomic mass is 16.1. The first-order chi connectivity index (χ1) is 9.36. The summed E-state index contributed by atoms with van der Waals surface area (Å²) in [5, 5.41) is 0. The average Bonchev–Trinajstić information content (AvgIpc) is 2.25. The van der Waals surface area contributed by atoms with Gasteiger partial charge in [0.15, 0.2) is 5.78 Å². The number of hydrogen-bond acceptors (Lipinski definition) is 1. The van der Waals surface area contributed by atoms with Gasteiger partial charge in [-0.05, 0) is 51.3 Å². The second kappa shape index (κ2) is 5.62. The molecule has 0 aromatic heterocycles. The molecule has 2 aromatic carbocycles. The number of aryl methyl sites for hydroxylation is 5. The summed E-state index contributed by atoms with van der Waals surface area (Å²) in [6.45, 7) is 10.3. The molecule has 0 radical (unpaired) electrons. The summed E-state index contributed by atoms with van der Waals surface area (Å²) in [6.07, 6.45) is 0.479. The predicted octanol–water partition coefficient (Wildman–Crippen LogP) is 4.65. The zero-order valence-electron chi connectivity index (χ0n) is 13.0. The van der Waals surface area contributed by atoms with Crippen LogP contribution in [0, 0.1) is 34.6 Å². The van der Waals surface area contributed by atoms with E-state index in [2.05, 4.69) is 51.1 Å². The third kappa shape index (κ3) is 3.16. The van der Waals surface area contributed by atoms with Gasteiger partial charge in [0.1, 0.15) is 0 Å². The minimum atomic E-state index is 0.213. The number of Topliss-reactive ketones (excluding diaryl/α,β-unsaturated/α-hetero) is 1. The third-order valence-corrected chi connectivity index (χ3v) is 3.60. The highest BCUT2D eigenvalue weighted by Crippen LogP contribution is 2.19. The van der Waals surface area contributed by atoms with E-state index in [1.54, 1.807) is 0 Å². The van der Waals surface area contributed by atoms with Gasteiger partial charge in [-0.1, -0.05) is 47.0 Å². The molecule has 1 nitrogen and oxygen atoms in total. The van der Waals surface area contributed by atoms with Crippen LogP contribution in [-0.4, -0.2) is 5.78 Å². The molecule has 0 aliphatic rings. The molecule has 0 bridgehead atoms. The van der Waals surface area contributed by atoms with Crippen LogP contribution in [0.15, 0.2) is 30.3 Å². The Morgan fingerprint density at radius 3 is 1.70 bits per heavy atom. The largest absolute Gasteiger partial charge is 0.294 e. The van der Waals surface area contributed by atoms with Crippen LogP contribution in [-0.2, 0) is 6.42 Å². The normalized spacial score (nSPS) is 10.7. The van der Waals surface area contributed by atoms with Crippen LogP contribution < -0.4 is 0 Å². The van der Waals surface area contributed by atoms with Crippen LogP contribution in [0.2, 0.25) is 0 Å². The molecule has 0 unspecified atom stereocenters. The number of rotatable bonds is 3. The minimum Gasteiger partial charge on any atom is -0.294 e. The summed E-state index contributed by atoms with van der Waals surface area (Å²) in [5.74, 6) is 0.213. The van der Waals surface area contributed by atoms with Gasteiger partial charge in [0.05, 0.1) is 0 Å². The summed E-state index contributed by atoms with van der Waals surface area (Å²) in [4.78, 5) is 12.6. The topological polar surface area (TPSA) is 17.1 Å². The second-order valence-electron chi connectivity index (χ2n) is 5.87. The monoisotopic (exact) mass is 266 g/mol. The maximum Gasteiger partial charge on any atom is 0.167 e. The molecule has 0 atom stereocenters. The average molecular weight is 266 g/mol. The van der Waals surface area contributed by atoms with Crippen molar-refractivity contribution < 1.29 is 4.79 Å². The number of benzene rings is 2. The fourth-order valence-corrected chi connectivity index (χ4v) is 3.06. The van der Waals surface area contributed by atoms with Crippen molar-refractivity contribution in [1.82, 2.24) is 0 Å². The van der Waals surface area contributed by atoms with E-state index in [1.165, 1.54) is 16.7 Å². The highest BCUT2D eigenvalue weighted by molar-refractivity contribution is 6.00. The molecule has 0 saturated heterocycles. The van der Waals surface area contributed by atoms with Gasteiger partial charge in [-0.3, -0.25) is 4.79 Å². The molecule has 2 rings (SSSR count). The van der Waals surface area contributed by atoms with Gasteiger partial charge >= 0.3 is 0 Å². The Bertz CT molecular complexity index is 622. The summed E-state index contributed by atoms with van der Waals surface area (Å²) in [7, 11) is 0. The summed E-state index contributed by atoms with van der Waals surface area (Å²) in [6, 6.07) is 10.5. The van der Waals surface area contributed by atoms with Gasteiger partial charge in [0.2, 0.25) is 0 Å². The molecule has 1 heteroatoms. The summed E-state index contributed by atoms with van der Waals surface area (Å²) >= 11 is 0. The van der Waals surface area contributed by atoms with E-state index >= 15 is 0 Å². The first-order valence-corrected chi connectivity index (χ1v) is 7.05. The van der Waals surface area contributed by atoms with E-state index in [0.29, 0.717) is 6.42 Å². The van der Waals surface area contributed by atoms with Gasteiger partial charge < -0.3 is 0 Å². The summed E-state index contributed by atoms with van der Waals surface area (Å²) < 4.78 is 0. The molecular weight excluding hydrogens is 244 g/mol. The standard InChI is InChI=1S/C19H22O/c1-12-6-13(2)10-17(9-12)11-18(20)19-15(4)7-14(3)8-16(19)5/h6-10H,11H2,1-5H3. The molecular formula is C19H22O. The van der Waals surface area contributed by atoms with E-state index in [9.17, 15) is 4.79 Å². The Balaban J connectivity index is 2.33. The molecule has 0 amide bonds. The molecule has 0 N–H and O–H groups in total. The highest BCUT2D eigenvalue weighted by Gasteiger charge is 2.13. The van der Waals surface area contributed by atoms with Crippen molar-refractivity contribution in [2.45, 2.75) is 41.0 Å². The maximum absolute atomic E-state index is 12.6. The lowest BCUT2D eigenvalue weighted by molar-refractivity contribution is 0.0992. The number of carbonyl (C=O) groups excluding carboxylic acids is 1. The predicted molar refractivity (Wildman–Crippen MR) is 84.6 cm³/mol. The quantitative estimate of drug-likeness (QED) is 0.739. The fraction of sp³-hybridized carbons (Fsp3) is 0.316. The molecule has 0 saturated carbocycles. The first-order valence-electron chi connectivity index (χ1n) is 7.05. The van der Waals surface area contributed by atoms with Gasteiger partial charge in [-0.25, -0.2) is 0 Å². The smallest absolute Gasteiger partial charge is 0.167 e. The van der Waals surface area contributed by atoms with E-state index in [0.717, 1.165) is 22.3 Å². The van der Waals surface area contributed by atoms with Crippen LogP contribution in [0.4, 0.5) is 0 Å². The van der Waals surface area contributed by atoms with Crippen molar-refractivity contribution >= 4 is 5.78 Å². The maximum atomic E-state index is 12.6. The molecule has 0 heterocycles. The SMILES string of the molecule is Cc1cc(C)cc(CC(=O)c2c(C)cc(C)cc2C)c1. The Morgan fingerprint density at radius 2 is 1.20 bits per heavy atom. The first kappa shape index (κ1) is 14.5. The Hall–Kier alpha value is -1.89. The van der Waals surface area contributed by atoms with Crippen molar-refractivity contribution in [3.8, 4) is 0 Å². The van der Waals surface area contributed by atoms with Crippen LogP contribution >= 0.6 is 0 Å². The Morgan fingerprint density at radius 1 is 0.750 bits per heavy atom. The zero-order valence-corrected chi connectivity index (χ0v) is 13.0. The summed E-state index contributed by atoms with van der Waals surface area (Å²) in [5.41, 5.74) is 7.79. The van der Waals surface area contributed by atoms with Crippen molar-refractivity contribution in [2.24, 2.45) is 0 Å². The molecule has 0 spiro atoms. The van der Waals surface area contributed by atoms with Crippen LogP contribution in [0.25, 0.3) is 0 Å². The number of carbonyl (C=O) groups is 1. The van der Waals surface area contributed by atoms with Crippen molar-refractivity contribution in [1.29, 1.82) is 0 Å². The van der Waals surface area contributed by atoms with Gasteiger partial charge in [0, 0.05) is 12.0 Å². The van der Waals surface area contributed by atoms with Gasteiger partial charge in [0.25, 0.3) is 0 Å². The zero-order chi connectivity index (χ0) is 14.9. The van der Waals surface area contributed by atoms with Crippen LogP contribution in [0.3, 0.4) is 0 Å². The third-order valence-electron chi connectivity index (χ3n) is 3.60. The molecule has 0 aliphatic carbocycles. The molecule has 0 fully saturated rings. The van der Waals surface area contributed by atoms with Crippen molar-refractivity contribution in [3.63, 3.8) is 0 Å². The van der Waals surface area contributed by atoms with Gasteiger partial charge in [-0.2, -0.15) is 0 Å². The lowest BCUT2D eigenvalue weighted by Gasteiger charge is -2.11. The Kier molecular flexibility index (Phi) is 4.08. The van der Waals surface area contributed by atoms with E-state index in [4.69, 9.17) is 0 Å². The molecule has 20 heavy (non-hydrogen) atoms. The molecule has 104 valence electrons. The van der Waals surface area contributed by atoms with Crippen LogP contribution in [0.5, 0.6) is 0 Å². The molecule has 2 aromatic rings. The lowest BCUT2D eigenvalue weighted by Crippen LogP contribution is -2.08. The van der Waals surface area contributed by atoms with Crippen molar-refractivity contribution in [3.05, 3.63) is 69.3 Å². The van der Waals surface area contributed by atoms with Crippen molar-refractivity contribution in [2.75, 3.05) is 0 Å². The number of hydrogen-bond donors (Lipinski definition) is 0. The van der Waals surface area contributed by atoms with E-state index in [-0.39, 0.29) is 5.78 Å². The Labute approximate surface area is 121 Å². The lowest BCUT2D eigenvalue weighted by atomic mass is 9.93. The molecule has 0 aliphatic heterocycles. The second-order valence-corrected chi connectivity index (χ2v) is 5.87. The minimum absolute atomic E-state index is 0.213. The van der Waals surface area contributed by atoms with Crippen LogP contribution in [0.1, 0.15) is 43.7 Å². The van der Waals surface area contributed by atoms with E-state index in [1.807, 2.05) is 13.8 Å². The van der Waals surface area contributed by atoms with E-state index < -0.39 is 0 Å². The van der Waals surface area contributed by atoms with Gasteiger partial charge in [-0.15, -0.1) is 0 Å². The number of ketones is 1. The fourth-order valence-electron chi connectivity index (χ4n) is 3.06.